The molecule has 0 aliphatic carbocycles. The maximum atomic E-state index is 12.8. The highest BCUT2D eigenvalue weighted by atomic mass is 79.9. The van der Waals surface area contributed by atoms with E-state index in [0.29, 0.717) is 0 Å². The van der Waals surface area contributed by atoms with E-state index in [1.807, 2.05) is 37.2 Å². The number of carbonyl (C=O) groups excluding carboxylic acids is 1. The molecule has 0 radical (unpaired) electrons. The number of rotatable bonds is 5. The Labute approximate surface area is 135 Å². The van der Waals surface area contributed by atoms with E-state index in [9.17, 15) is 4.79 Å². The fourth-order valence-corrected chi connectivity index (χ4v) is 3.36. The standard InChI is InChI=1S/C16H24BrN3O/c1-4-7-16(8-9-18-11-16)15(21)19-13-10-12(17)5-6-14(13)20(2)3/h5-6,10,18H,4,7-9,11H2,1-3H3,(H,19,21). The van der Waals surface area contributed by atoms with Gasteiger partial charge >= 0.3 is 0 Å². The fourth-order valence-electron chi connectivity index (χ4n) is 3.00. The van der Waals surface area contributed by atoms with Crippen LogP contribution < -0.4 is 15.5 Å². The first-order valence-corrected chi connectivity index (χ1v) is 8.27. The lowest BCUT2D eigenvalue weighted by Gasteiger charge is -2.28. The molecule has 1 aliphatic heterocycles. The molecule has 1 heterocycles. The predicted molar refractivity (Wildman–Crippen MR) is 91.9 cm³/mol. The van der Waals surface area contributed by atoms with Crippen molar-refractivity contribution in [2.45, 2.75) is 26.2 Å². The average molecular weight is 354 g/mol. The first kappa shape index (κ1) is 16.3. The Morgan fingerprint density at radius 3 is 2.81 bits per heavy atom. The topological polar surface area (TPSA) is 44.4 Å². The van der Waals surface area contributed by atoms with Crippen molar-refractivity contribution in [1.82, 2.24) is 5.32 Å². The minimum absolute atomic E-state index is 0.135. The Morgan fingerprint density at radius 2 is 2.24 bits per heavy atom. The highest BCUT2D eigenvalue weighted by Crippen LogP contribution is 2.35. The van der Waals surface area contributed by atoms with Crippen LogP contribution in [-0.4, -0.2) is 33.1 Å². The molecule has 0 aromatic heterocycles. The minimum Gasteiger partial charge on any atom is -0.376 e. The minimum atomic E-state index is -0.263. The maximum absolute atomic E-state index is 12.8. The van der Waals surface area contributed by atoms with Crippen molar-refractivity contribution in [3.63, 3.8) is 0 Å². The third-order valence-corrected chi connectivity index (χ3v) is 4.64. The summed E-state index contributed by atoms with van der Waals surface area (Å²) in [5.74, 6) is 0.135. The highest BCUT2D eigenvalue weighted by molar-refractivity contribution is 9.10. The van der Waals surface area contributed by atoms with Crippen LogP contribution in [0.5, 0.6) is 0 Å². The van der Waals surface area contributed by atoms with Crippen LogP contribution in [0.4, 0.5) is 11.4 Å². The molecule has 2 rings (SSSR count). The summed E-state index contributed by atoms with van der Waals surface area (Å²) in [5.41, 5.74) is 1.62. The van der Waals surface area contributed by atoms with E-state index in [2.05, 4.69) is 33.5 Å². The van der Waals surface area contributed by atoms with Gasteiger partial charge in [0, 0.05) is 25.1 Å². The number of hydrogen-bond acceptors (Lipinski definition) is 3. The molecule has 1 fully saturated rings. The summed E-state index contributed by atoms with van der Waals surface area (Å²) in [4.78, 5) is 14.8. The molecule has 1 atom stereocenters. The van der Waals surface area contributed by atoms with Gasteiger partial charge < -0.3 is 15.5 Å². The highest BCUT2D eigenvalue weighted by Gasteiger charge is 2.40. The second-order valence-electron chi connectivity index (χ2n) is 5.97. The summed E-state index contributed by atoms with van der Waals surface area (Å²) in [7, 11) is 3.97. The van der Waals surface area contributed by atoms with E-state index in [-0.39, 0.29) is 11.3 Å². The quantitative estimate of drug-likeness (QED) is 0.853. The van der Waals surface area contributed by atoms with Crippen molar-refractivity contribution in [1.29, 1.82) is 0 Å². The van der Waals surface area contributed by atoms with Gasteiger partial charge in [-0.2, -0.15) is 0 Å². The van der Waals surface area contributed by atoms with Crippen LogP contribution in [0, 0.1) is 5.41 Å². The van der Waals surface area contributed by atoms with Gasteiger partial charge in [0.05, 0.1) is 16.8 Å². The number of carbonyl (C=O) groups is 1. The van der Waals surface area contributed by atoms with E-state index < -0.39 is 0 Å². The van der Waals surface area contributed by atoms with Crippen molar-refractivity contribution in [2.75, 3.05) is 37.4 Å². The van der Waals surface area contributed by atoms with E-state index in [1.165, 1.54) is 0 Å². The van der Waals surface area contributed by atoms with Crippen molar-refractivity contribution >= 4 is 33.2 Å². The normalized spacial score (nSPS) is 21.3. The van der Waals surface area contributed by atoms with Gasteiger partial charge in [-0.15, -0.1) is 0 Å². The van der Waals surface area contributed by atoms with Gasteiger partial charge in [-0.3, -0.25) is 4.79 Å². The van der Waals surface area contributed by atoms with Crippen LogP contribution in [0.25, 0.3) is 0 Å². The monoisotopic (exact) mass is 353 g/mol. The molecule has 1 unspecified atom stereocenters. The van der Waals surface area contributed by atoms with Gasteiger partial charge in [0.2, 0.25) is 5.91 Å². The van der Waals surface area contributed by atoms with Crippen LogP contribution >= 0.6 is 15.9 Å². The molecule has 4 nitrogen and oxygen atoms in total. The van der Waals surface area contributed by atoms with Crippen LogP contribution in [0.3, 0.4) is 0 Å². The predicted octanol–water partition coefficient (Wildman–Crippen LogP) is 3.23. The second kappa shape index (κ2) is 6.79. The Kier molecular flexibility index (Phi) is 5.27. The first-order chi connectivity index (χ1) is 9.98. The number of anilines is 2. The molecule has 1 aromatic rings. The van der Waals surface area contributed by atoms with Crippen molar-refractivity contribution in [3.05, 3.63) is 22.7 Å². The lowest BCUT2D eigenvalue weighted by Crippen LogP contribution is -2.38. The molecule has 2 N–H and O–H groups in total. The lowest BCUT2D eigenvalue weighted by atomic mass is 9.81. The molecule has 1 saturated heterocycles. The Morgan fingerprint density at radius 1 is 1.48 bits per heavy atom. The Bertz CT molecular complexity index is 510. The molecule has 5 heteroatoms. The van der Waals surface area contributed by atoms with Gasteiger partial charge in [-0.05, 0) is 37.6 Å². The molecular formula is C16H24BrN3O. The number of hydrogen-bond donors (Lipinski definition) is 2. The fraction of sp³-hybridized carbons (Fsp3) is 0.562. The van der Waals surface area contributed by atoms with Crippen LogP contribution in [0.1, 0.15) is 26.2 Å². The number of halogens is 1. The van der Waals surface area contributed by atoms with Crippen molar-refractivity contribution in [2.24, 2.45) is 5.41 Å². The van der Waals surface area contributed by atoms with E-state index in [1.54, 1.807) is 0 Å². The van der Waals surface area contributed by atoms with Crippen LogP contribution in [0.2, 0.25) is 0 Å². The second-order valence-corrected chi connectivity index (χ2v) is 6.88. The number of benzene rings is 1. The van der Waals surface area contributed by atoms with E-state index in [4.69, 9.17) is 0 Å². The van der Waals surface area contributed by atoms with Crippen LogP contribution in [-0.2, 0) is 4.79 Å². The molecule has 116 valence electrons. The maximum Gasteiger partial charge on any atom is 0.231 e. The van der Waals surface area contributed by atoms with E-state index in [0.717, 1.165) is 48.2 Å². The largest absolute Gasteiger partial charge is 0.376 e. The molecule has 1 aromatic carbocycles. The van der Waals surface area contributed by atoms with Gasteiger partial charge in [0.1, 0.15) is 0 Å². The van der Waals surface area contributed by atoms with Gasteiger partial charge in [0.25, 0.3) is 0 Å². The molecule has 21 heavy (non-hydrogen) atoms. The zero-order valence-corrected chi connectivity index (χ0v) is 14.6. The molecule has 0 spiro atoms. The third-order valence-electron chi connectivity index (χ3n) is 4.14. The summed E-state index contributed by atoms with van der Waals surface area (Å²) in [6, 6.07) is 5.97. The zero-order chi connectivity index (χ0) is 15.5. The molecule has 0 bridgehead atoms. The summed E-state index contributed by atoms with van der Waals surface area (Å²) in [6.45, 7) is 3.84. The van der Waals surface area contributed by atoms with Crippen molar-refractivity contribution < 1.29 is 4.79 Å². The molecule has 0 saturated carbocycles. The van der Waals surface area contributed by atoms with Gasteiger partial charge in [-0.1, -0.05) is 29.3 Å². The summed E-state index contributed by atoms with van der Waals surface area (Å²) in [6.07, 6.45) is 2.86. The SMILES string of the molecule is CCCC1(C(=O)Nc2cc(Br)ccc2N(C)C)CCNC1. The van der Waals surface area contributed by atoms with Crippen LogP contribution in [0.15, 0.2) is 22.7 Å². The van der Waals surface area contributed by atoms with Crippen molar-refractivity contribution in [3.8, 4) is 0 Å². The average Bonchev–Trinajstić information content (AvgIpc) is 2.88. The Hall–Kier alpha value is -1.07. The number of amides is 1. The Balaban J connectivity index is 2.24. The molecule has 1 amide bonds. The number of nitrogens with zero attached hydrogens (tertiary/aromatic N) is 1. The third kappa shape index (κ3) is 3.58. The molecular weight excluding hydrogens is 330 g/mol. The summed E-state index contributed by atoms with van der Waals surface area (Å²) in [5, 5.41) is 6.48. The summed E-state index contributed by atoms with van der Waals surface area (Å²) < 4.78 is 0.970. The number of nitrogens with one attached hydrogen (secondary N) is 2. The zero-order valence-electron chi connectivity index (χ0n) is 13.0. The smallest absolute Gasteiger partial charge is 0.231 e. The lowest BCUT2D eigenvalue weighted by molar-refractivity contribution is -0.125. The van der Waals surface area contributed by atoms with Gasteiger partial charge in [-0.25, -0.2) is 0 Å². The first-order valence-electron chi connectivity index (χ1n) is 7.47. The molecule has 1 aliphatic rings. The van der Waals surface area contributed by atoms with E-state index >= 15 is 0 Å². The van der Waals surface area contributed by atoms with Gasteiger partial charge in [0.15, 0.2) is 0 Å². The summed E-state index contributed by atoms with van der Waals surface area (Å²) >= 11 is 3.48.